The van der Waals surface area contributed by atoms with Crippen molar-refractivity contribution < 1.29 is 9.53 Å². The van der Waals surface area contributed by atoms with E-state index in [2.05, 4.69) is 0 Å². The van der Waals surface area contributed by atoms with E-state index in [1.54, 1.807) is 0 Å². The Balaban J connectivity index is 1.77. The van der Waals surface area contributed by atoms with Crippen LogP contribution in [0.4, 0.5) is 0 Å². The number of esters is 1. The summed E-state index contributed by atoms with van der Waals surface area (Å²) in [6.07, 6.45) is 7.47. The summed E-state index contributed by atoms with van der Waals surface area (Å²) in [6, 6.07) is 0.219. The Morgan fingerprint density at radius 2 is 1.86 bits per heavy atom. The monoisotopic (exact) mass is 197 g/mol. The number of carbonyl (C=O) groups is 1. The van der Waals surface area contributed by atoms with Crippen molar-refractivity contribution in [2.24, 2.45) is 11.7 Å². The van der Waals surface area contributed by atoms with Gasteiger partial charge in [-0.25, -0.2) is 0 Å². The van der Waals surface area contributed by atoms with Crippen LogP contribution in [0.1, 0.15) is 44.9 Å². The van der Waals surface area contributed by atoms with Gasteiger partial charge in [0.1, 0.15) is 6.10 Å². The number of rotatable bonds is 2. The van der Waals surface area contributed by atoms with Crippen molar-refractivity contribution in [3.63, 3.8) is 0 Å². The largest absolute Gasteiger partial charge is 0.462 e. The van der Waals surface area contributed by atoms with Crippen LogP contribution >= 0.6 is 0 Å². The van der Waals surface area contributed by atoms with E-state index in [-0.39, 0.29) is 24.0 Å². The second-order valence-corrected chi connectivity index (χ2v) is 4.61. The molecule has 2 saturated carbocycles. The Bertz CT molecular complexity index is 211. The smallest absolute Gasteiger partial charge is 0.309 e. The van der Waals surface area contributed by atoms with Gasteiger partial charge in [-0.2, -0.15) is 0 Å². The first kappa shape index (κ1) is 9.97. The molecule has 0 aliphatic heterocycles. The maximum absolute atomic E-state index is 11.7. The van der Waals surface area contributed by atoms with E-state index in [1.165, 1.54) is 12.8 Å². The van der Waals surface area contributed by atoms with Gasteiger partial charge in [0.25, 0.3) is 0 Å². The summed E-state index contributed by atoms with van der Waals surface area (Å²) in [5.74, 6) is 0.0930. The molecule has 0 amide bonds. The van der Waals surface area contributed by atoms with E-state index in [9.17, 15) is 4.79 Å². The lowest BCUT2D eigenvalue weighted by atomic mass is 10.1. The zero-order valence-electron chi connectivity index (χ0n) is 8.58. The summed E-state index contributed by atoms with van der Waals surface area (Å²) in [7, 11) is 0. The van der Waals surface area contributed by atoms with Crippen molar-refractivity contribution >= 4 is 5.97 Å². The predicted molar refractivity (Wildman–Crippen MR) is 53.7 cm³/mol. The molecule has 2 fully saturated rings. The molecule has 0 aromatic carbocycles. The highest BCUT2D eigenvalue weighted by molar-refractivity contribution is 5.73. The fourth-order valence-corrected chi connectivity index (χ4v) is 2.50. The van der Waals surface area contributed by atoms with Gasteiger partial charge in [-0.05, 0) is 44.9 Å². The number of carbonyl (C=O) groups excluding carboxylic acids is 1. The highest BCUT2D eigenvalue weighted by Gasteiger charge is 2.31. The number of nitrogens with two attached hydrogens (primary N) is 1. The second kappa shape index (κ2) is 4.30. The van der Waals surface area contributed by atoms with Gasteiger partial charge >= 0.3 is 5.97 Å². The second-order valence-electron chi connectivity index (χ2n) is 4.61. The highest BCUT2D eigenvalue weighted by atomic mass is 16.5. The fourth-order valence-electron chi connectivity index (χ4n) is 2.50. The molecule has 80 valence electrons. The average Bonchev–Trinajstić information content (AvgIpc) is 2.75. The van der Waals surface area contributed by atoms with Crippen LogP contribution in [0.5, 0.6) is 0 Å². The van der Waals surface area contributed by atoms with Crippen molar-refractivity contribution in [2.75, 3.05) is 0 Å². The predicted octanol–water partition coefficient (Wildman–Crippen LogP) is 1.60. The zero-order chi connectivity index (χ0) is 9.97. The average molecular weight is 197 g/mol. The van der Waals surface area contributed by atoms with E-state index >= 15 is 0 Å². The minimum atomic E-state index is 0.00449. The van der Waals surface area contributed by atoms with E-state index in [0.29, 0.717) is 0 Å². The minimum absolute atomic E-state index is 0.00449. The molecule has 0 radical (unpaired) electrons. The van der Waals surface area contributed by atoms with Crippen molar-refractivity contribution in [1.29, 1.82) is 0 Å². The molecule has 2 unspecified atom stereocenters. The lowest BCUT2D eigenvalue weighted by molar-refractivity contribution is -0.153. The molecule has 0 aromatic heterocycles. The van der Waals surface area contributed by atoms with Crippen molar-refractivity contribution in [3.8, 4) is 0 Å². The first-order valence-electron chi connectivity index (χ1n) is 5.72. The molecule has 3 nitrogen and oxygen atoms in total. The molecule has 0 heterocycles. The summed E-state index contributed by atoms with van der Waals surface area (Å²) in [6.45, 7) is 0. The third kappa shape index (κ3) is 2.27. The Morgan fingerprint density at radius 1 is 1.14 bits per heavy atom. The Kier molecular flexibility index (Phi) is 3.06. The van der Waals surface area contributed by atoms with Gasteiger partial charge < -0.3 is 10.5 Å². The summed E-state index contributed by atoms with van der Waals surface area (Å²) < 4.78 is 5.45. The maximum atomic E-state index is 11.7. The van der Waals surface area contributed by atoms with Gasteiger partial charge in [-0.1, -0.05) is 0 Å². The van der Waals surface area contributed by atoms with Gasteiger partial charge in [-0.15, -0.1) is 0 Å². The molecule has 0 spiro atoms. The quantitative estimate of drug-likeness (QED) is 0.684. The zero-order valence-corrected chi connectivity index (χ0v) is 8.58. The minimum Gasteiger partial charge on any atom is -0.462 e. The van der Waals surface area contributed by atoms with Crippen LogP contribution in [0.2, 0.25) is 0 Å². The van der Waals surface area contributed by atoms with Crippen LogP contribution in [0, 0.1) is 5.92 Å². The van der Waals surface area contributed by atoms with Crippen molar-refractivity contribution in [1.82, 2.24) is 0 Å². The third-order valence-electron chi connectivity index (χ3n) is 3.39. The lowest BCUT2D eigenvalue weighted by Crippen LogP contribution is -2.23. The standard InChI is InChI=1S/C11H19NO2/c12-9-6-5-8(7-9)11(13)14-10-3-1-2-4-10/h8-10H,1-7,12H2. The van der Waals surface area contributed by atoms with Gasteiger partial charge in [-0.3, -0.25) is 4.79 Å². The van der Waals surface area contributed by atoms with Crippen molar-refractivity contribution in [2.45, 2.75) is 57.1 Å². The Hall–Kier alpha value is -0.570. The molecule has 14 heavy (non-hydrogen) atoms. The molecule has 3 heteroatoms. The molecule has 2 atom stereocenters. The molecular weight excluding hydrogens is 178 g/mol. The molecule has 2 N–H and O–H groups in total. The third-order valence-corrected chi connectivity index (χ3v) is 3.39. The SMILES string of the molecule is NC1CCC(C(=O)OC2CCCC2)C1. The van der Waals surface area contributed by atoms with Gasteiger partial charge in [0.2, 0.25) is 0 Å². The molecule has 0 saturated heterocycles. The van der Waals surface area contributed by atoms with E-state index < -0.39 is 0 Å². The van der Waals surface area contributed by atoms with Gasteiger partial charge in [0.05, 0.1) is 5.92 Å². The summed E-state index contributed by atoms with van der Waals surface area (Å²) in [5.41, 5.74) is 5.76. The summed E-state index contributed by atoms with van der Waals surface area (Å²) in [5, 5.41) is 0. The van der Waals surface area contributed by atoms with Crippen molar-refractivity contribution in [3.05, 3.63) is 0 Å². The van der Waals surface area contributed by atoms with Crippen LogP contribution in [-0.4, -0.2) is 18.1 Å². The van der Waals surface area contributed by atoms with Gasteiger partial charge in [0, 0.05) is 6.04 Å². The lowest BCUT2D eigenvalue weighted by Gasteiger charge is -2.14. The van der Waals surface area contributed by atoms with Crippen LogP contribution in [0.3, 0.4) is 0 Å². The summed E-state index contributed by atoms with van der Waals surface area (Å²) >= 11 is 0. The number of ether oxygens (including phenoxy) is 1. The van der Waals surface area contributed by atoms with Crippen LogP contribution < -0.4 is 5.73 Å². The van der Waals surface area contributed by atoms with Crippen LogP contribution in [-0.2, 0) is 9.53 Å². The topological polar surface area (TPSA) is 52.3 Å². The Labute approximate surface area is 85.0 Å². The normalized spacial score (nSPS) is 33.5. The van der Waals surface area contributed by atoms with E-state index in [4.69, 9.17) is 10.5 Å². The molecule has 2 aliphatic carbocycles. The number of hydrogen-bond donors (Lipinski definition) is 1. The first-order chi connectivity index (χ1) is 6.75. The molecule has 2 rings (SSSR count). The van der Waals surface area contributed by atoms with Gasteiger partial charge in [0.15, 0.2) is 0 Å². The van der Waals surface area contributed by atoms with Crippen LogP contribution in [0.15, 0.2) is 0 Å². The number of hydrogen-bond acceptors (Lipinski definition) is 3. The van der Waals surface area contributed by atoms with Crippen LogP contribution in [0.25, 0.3) is 0 Å². The summed E-state index contributed by atoms with van der Waals surface area (Å²) in [4.78, 5) is 11.7. The molecular formula is C11H19NO2. The first-order valence-corrected chi connectivity index (χ1v) is 5.72. The maximum Gasteiger partial charge on any atom is 0.309 e. The Morgan fingerprint density at radius 3 is 2.43 bits per heavy atom. The van der Waals surface area contributed by atoms with E-state index in [0.717, 1.165) is 32.1 Å². The molecule has 2 aliphatic rings. The molecule has 0 aromatic rings. The fraction of sp³-hybridized carbons (Fsp3) is 0.909. The highest BCUT2D eigenvalue weighted by Crippen LogP contribution is 2.28. The van der Waals surface area contributed by atoms with E-state index in [1.807, 2.05) is 0 Å². The molecule has 0 bridgehead atoms.